The van der Waals surface area contributed by atoms with Gasteiger partial charge >= 0.3 is 0 Å². The zero-order valence-electron chi connectivity index (χ0n) is 17.1. The van der Waals surface area contributed by atoms with E-state index < -0.39 is 0 Å². The molecule has 31 heavy (non-hydrogen) atoms. The van der Waals surface area contributed by atoms with Crippen molar-refractivity contribution in [2.45, 2.75) is 6.92 Å². The Hall–Kier alpha value is -3.85. The molecule has 0 radical (unpaired) electrons. The molecule has 0 amide bonds. The largest absolute Gasteiger partial charge is 0.383 e. The van der Waals surface area contributed by atoms with E-state index in [0.29, 0.717) is 47.9 Å². The number of hydrogen-bond acceptors (Lipinski definition) is 9. The molecular weight excluding hydrogens is 392 g/mol. The lowest BCUT2D eigenvalue weighted by Crippen LogP contribution is -2.37. The van der Waals surface area contributed by atoms with Gasteiger partial charge in [0.2, 0.25) is 5.95 Å². The third kappa shape index (κ3) is 4.08. The topological polar surface area (TPSA) is 115 Å². The van der Waals surface area contributed by atoms with Crippen molar-refractivity contribution < 1.29 is 4.74 Å². The lowest BCUT2D eigenvalue weighted by Gasteiger charge is -2.27. The molecule has 4 aromatic rings. The first-order chi connectivity index (χ1) is 15.2. The van der Waals surface area contributed by atoms with Gasteiger partial charge in [-0.2, -0.15) is 4.98 Å². The quantitative estimate of drug-likeness (QED) is 0.520. The van der Waals surface area contributed by atoms with E-state index in [-0.39, 0.29) is 0 Å². The summed E-state index contributed by atoms with van der Waals surface area (Å²) in [5.74, 6) is 2.25. The molecule has 0 spiro atoms. The maximum Gasteiger partial charge on any atom is 0.228 e. The van der Waals surface area contributed by atoms with Crippen molar-refractivity contribution in [1.29, 1.82) is 0 Å². The fourth-order valence-electron chi connectivity index (χ4n) is 3.51. The molecule has 3 N–H and O–H groups in total. The van der Waals surface area contributed by atoms with Crippen LogP contribution in [0.1, 0.15) is 5.82 Å². The number of anilines is 4. The van der Waals surface area contributed by atoms with Gasteiger partial charge in [-0.1, -0.05) is 18.2 Å². The van der Waals surface area contributed by atoms with Gasteiger partial charge in [0.05, 0.1) is 41.9 Å². The molecule has 1 aromatic carbocycles. The zero-order valence-corrected chi connectivity index (χ0v) is 17.1. The Labute approximate surface area is 179 Å². The van der Waals surface area contributed by atoms with Crippen molar-refractivity contribution in [3.05, 3.63) is 54.6 Å². The molecule has 3 aromatic heterocycles. The molecule has 1 saturated heterocycles. The zero-order chi connectivity index (χ0) is 21.2. The summed E-state index contributed by atoms with van der Waals surface area (Å²) in [6.07, 6.45) is 3.49. The predicted molar refractivity (Wildman–Crippen MR) is 120 cm³/mol. The number of aryl methyl sites for hydroxylation is 1. The van der Waals surface area contributed by atoms with Crippen LogP contribution in [-0.2, 0) is 4.74 Å². The Morgan fingerprint density at radius 3 is 2.68 bits per heavy atom. The Kier molecular flexibility index (Phi) is 5.01. The number of hydrogen-bond donors (Lipinski definition) is 2. The number of nitrogens with one attached hydrogen (secondary N) is 1. The van der Waals surface area contributed by atoms with Crippen molar-refractivity contribution in [3.63, 3.8) is 0 Å². The summed E-state index contributed by atoms with van der Waals surface area (Å²) < 4.78 is 5.47. The van der Waals surface area contributed by atoms with Gasteiger partial charge in [0.15, 0.2) is 0 Å². The maximum atomic E-state index is 6.17. The van der Waals surface area contributed by atoms with Crippen LogP contribution >= 0.6 is 0 Å². The summed E-state index contributed by atoms with van der Waals surface area (Å²) in [5, 5.41) is 4.41. The molecule has 9 heteroatoms. The molecule has 1 aliphatic heterocycles. The summed E-state index contributed by atoms with van der Waals surface area (Å²) in [4.78, 5) is 24.7. The van der Waals surface area contributed by atoms with Gasteiger partial charge in [-0.15, -0.1) is 0 Å². The normalized spacial score (nSPS) is 14.0. The van der Waals surface area contributed by atoms with Gasteiger partial charge in [0.25, 0.3) is 0 Å². The number of pyridine rings is 1. The average molecular weight is 414 g/mol. The number of nitrogens with two attached hydrogens (primary N) is 1. The minimum atomic E-state index is 0.387. The Bertz CT molecular complexity index is 1240. The highest BCUT2D eigenvalue weighted by Gasteiger charge is 2.18. The highest BCUT2D eigenvalue weighted by Crippen LogP contribution is 2.28. The SMILES string of the molecule is Cc1ncc(-c2cc(Nc3cnc4ccccc4c3)nc(N3CCOCC3)n2)c(N)n1. The second kappa shape index (κ2) is 8.11. The molecule has 4 heterocycles. The first kappa shape index (κ1) is 19.1. The molecule has 0 saturated carbocycles. The fourth-order valence-corrected chi connectivity index (χ4v) is 3.51. The third-order valence-electron chi connectivity index (χ3n) is 5.09. The van der Waals surface area contributed by atoms with Crippen LogP contribution in [0.5, 0.6) is 0 Å². The second-order valence-corrected chi connectivity index (χ2v) is 7.30. The Morgan fingerprint density at radius 1 is 1.00 bits per heavy atom. The van der Waals surface area contributed by atoms with Crippen molar-refractivity contribution >= 4 is 34.2 Å². The Morgan fingerprint density at radius 2 is 1.84 bits per heavy atom. The van der Waals surface area contributed by atoms with E-state index in [2.05, 4.69) is 25.2 Å². The van der Waals surface area contributed by atoms with E-state index in [0.717, 1.165) is 29.7 Å². The summed E-state index contributed by atoms with van der Waals surface area (Å²) in [6, 6.07) is 11.9. The fraction of sp³-hybridized carbons (Fsp3) is 0.227. The number of nitrogen functional groups attached to an aromatic ring is 1. The van der Waals surface area contributed by atoms with Crippen LogP contribution in [0.15, 0.2) is 48.8 Å². The molecule has 9 nitrogen and oxygen atoms in total. The molecule has 0 atom stereocenters. The van der Waals surface area contributed by atoms with Gasteiger partial charge in [-0.3, -0.25) is 4.98 Å². The van der Waals surface area contributed by atoms with Crippen molar-refractivity contribution in [1.82, 2.24) is 24.9 Å². The highest BCUT2D eigenvalue weighted by molar-refractivity contribution is 5.82. The van der Waals surface area contributed by atoms with Crippen LogP contribution in [-0.4, -0.2) is 51.2 Å². The van der Waals surface area contributed by atoms with Gasteiger partial charge in [0.1, 0.15) is 17.5 Å². The first-order valence-electron chi connectivity index (χ1n) is 10.1. The lowest BCUT2D eigenvalue weighted by atomic mass is 10.2. The minimum absolute atomic E-state index is 0.387. The summed E-state index contributed by atoms with van der Waals surface area (Å²) >= 11 is 0. The van der Waals surface area contributed by atoms with Gasteiger partial charge < -0.3 is 20.7 Å². The van der Waals surface area contributed by atoms with Crippen molar-refractivity contribution in [2.75, 3.05) is 42.3 Å². The summed E-state index contributed by atoms with van der Waals surface area (Å²) in [5.41, 5.74) is 9.27. The van der Waals surface area contributed by atoms with E-state index in [4.69, 9.17) is 20.4 Å². The van der Waals surface area contributed by atoms with Gasteiger partial charge in [0, 0.05) is 30.7 Å². The summed E-state index contributed by atoms with van der Waals surface area (Å²) in [7, 11) is 0. The molecule has 1 fully saturated rings. The van der Waals surface area contributed by atoms with Crippen LogP contribution < -0.4 is 16.0 Å². The summed E-state index contributed by atoms with van der Waals surface area (Å²) in [6.45, 7) is 4.53. The van der Waals surface area contributed by atoms with Gasteiger partial charge in [-0.05, 0) is 19.1 Å². The standard InChI is InChI=1S/C22H22N8O/c1-14-24-13-17(21(23)26-14)19-11-20(29-22(28-19)30-6-8-31-9-7-30)27-16-10-15-4-2-3-5-18(15)25-12-16/h2-5,10-13H,6-9H2,1H3,(H2,23,24,26)(H,27,28,29). The van der Waals surface area contributed by atoms with Crippen LogP contribution in [0, 0.1) is 6.92 Å². The minimum Gasteiger partial charge on any atom is -0.383 e. The van der Waals surface area contributed by atoms with E-state index in [1.54, 1.807) is 19.3 Å². The number of fused-ring (bicyclic) bond motifs is 1. The van der Waals surface area contributed by atoms with E-state index in [1.165, 1.54) is 0 Å². The van der Waals surface area contributed by atoms with Gasteiger partial charge in [-0.25, -0.2) is 15.0 Å². The highest BCUT2D eigenvalue weighted by atomic mass is 16.5. The monoisotopic (exact) mass is 414 g/mol. The van der Waals surface area contributed by atoms with Crippen LogP contribution in [0.4, 0.5) is 23.3 Å². The van der Waals surface area contributed by atoms with Crippen molar-refractivity contribution in [2.24, 2.45) is 0 Å². The lowest BCUT2D eigenvalue weighted by molar-refractivity contribution is 0.122. The van der Waals surface area contributed by atoms with E-state index in [1.807, 2.05) is 36.4 Å². The maximum absolute atomic E-state index is 6.17. The van der Waals surface area contributed by atoms with Crippen LogP contribution in [0.25, 0.3) is 22.2 Å². The second-order valence-electron chi connectivity index (χ2n) is 7.30. The molecule has 1 aliphatic rings. The first-order valence-corrected chi connectivity index (χ1v) is 10.1. The predicted octanol–water partition coefficient (Wildman–Crippen LogP) is 2.95. The number of rotatable bonds is 4. The number of nitrogens with zero attached hydrogens (tertiary/aromatic N) is 6. The molecule has 0 unspecified atom stereocenters. The molecule has 156 valence electrons. The molecule has 5 rings (SSSR count). The molecule has 0 bridgehead atoms. The third-order valence-corrected chi connectivity index (χ3v) is 5.09. The molecule has 0 aliphatic carbocycles. The number of aromatic nitrogens is 5. The Balaban J connectivity index is 1.56. The van der Waals surface area contributed by atoms with E-state index >= 15 is 0 Å². The smallest absolute Gasteiger partial charge is 0.228 e. The van der Waals surface area contributed by atoms with E-state index in [9.17, 15) is 0 Å². The average Bonchev–Trinajstić information content (AvgIpc) is 2.79. The van der Waals surface area contributed by atoms with Crippen LogP contribution in [0.3, 0.4) is 0 Å². The van der Waals surface area contributed by atoms with Crippen molar-refractivity contribution in [3.8, 4) is 11.3 Å². The molecular formula is C22H22N8O. The van der Waals surface area contributed by atoms with Crippen LogP contribution in [0.2, 0.25) is 0 Å². The number of ether oxygens (including phenoxy) is 1. The number of morpholine rings is 1. The number of benzene rings is 1. The number of para-hydroxylation sites is 1.